The fraction of sp³-hybridized carbons (Fsp3) is 0.0714. The van der Waals surface area contributed by atoms with Gasteiger partial charge in [0.1, 0.15) is 0 Å². The lowest BCUT2D eigenvalue weighted by molar-refractivity contribution is 0.0999. The highest BCUT2D eigenvalue weighted by Crippen LogP contribution is 2.15. The first kappa shape index (κ1) is 13.5. The highest BCUT2D eigenvalue weighted by Gasteiger charge is 2.08. The van der Waals surface area contributed by atoms with Gasteiger partial charge in [-0.3, -0.25) is 14.6 Å². The Morgan fingerprint density at radius 2 is 1.55 bits per heavy atom. The molecule has 6 heteroatoms. The summed E-state index contributed by atoms with van der Waals surface area (Å²) in [6.45, 7) is 0.531. The molecule has 6 nitrogen and oxygen atoms in total. The second-order valence-electron chi connectivity index (χ2n) is 4.24. The second kappa shape index (κ2) is 5.83. The van der Waals surface area contributed by atoms with Crippen LogP contribution < -0.4 is 16.8 Å². The third-order valence-corrected chi connectivity index (χ3v) is 2.75. The number of anilines is 1. The summed E-state index contributed by atoms with van der Waals surface area (Å²) in [4.78, 5) is 26.4. The average molecular weight is 270 g/mol. The van der Waals surface area contributed by atoms with E-state index in [2.05, 4.69) is 10.3 Å². The first-order valence-electron chi connectivity index (χ1n) is 5.94. The number of primary amides is 2. The molecule has 1 heterocycles. The second-order valence-corrected chi connectivity index (χ2v) is 4.24. The number of carbonyl (C=O) groups excluding carboxylic acids is 2. The Kier molecular flexibility index (Phi) is 3.95. The largest absolute Gasteiger partial charge is 0.381 e. The molecule has 0 aliphatic rings. The Morgan fingerprint density at radius 3 is 2.05 bits per heavy atom. The number of nitrogens with two attached hydrogens (primary N) is 2. The van der Waals surface area contributed by atoms with Gasteiger partial charge in [0.05, 0.1) is 0 Å². The molecule has 20 heavy (non-hydrogen) atoms. The monoisotopic (exact) mass is 270 g/mol. The summed E-state index contributed by atoms with van der Waals surface area (Å²) < 4.78 is 0. The molecule has 2 amide bonds. The van der Waals surface area contributed by atoms with Gasteiger partial charge < -0.3 is 16.8 Å². The Labute approximate surface area is 115 Å². The minimum Gasteiger partial charge on any atom is -0.381 e. The quantitative estimate of drug-likeness (QED) is 0.749. The molecule has 0 fully saturated rings. The highest BCUT2D eigenvalue weighted by molar-refractivity contribution is 5.99. The van der Waals surface area contributed by atoms with Crippen LogP contribution in [-0.4, -0.2) is 16.8 Å². The number of pyridine rings is 1. The van der Waals surface area contributed by atoms with E-state index in [1.807, 2.05) is 12.1 Å². The Morgan fingerprint density at radius 1 is 1.00 bits per heavy atom. The van der Waals surface area contributed by atoms with Gasteiger partial charge in [0, 0.05) is 35.8 Å². The van der Waals surface area contributed by atoms with Crippen LogP contribution in [0.25, 0.3) is 0 Å². The van der Waals surface area contributed by atoms with Gasteiger partial charge in [-0.25, -0.2) is 0 Å². The Hall–Kier alpha value is -2.89. The van der Waals surface area contributed by atoms with Crippen molar-refractivity contribution in [2.45, 2.75) is 6.54 Å². The van der Waals surface area contributed by atoms with E-state index in [9.17, 15) is 9.59 Å². The lowest BCUT2D eigenvalue weighted by Crippen LogP contribution is -2.16. The molecule has 5 N–H and O–H groups in total. The van der Waals surface area contributed by atoms with Gasteiger partial charge in [-0.2, -0.15) is 0 Å². The van der Waals surface area contributed by atoms with Gasteiger partial charge in [-0.05, 0) is 35.9 Å². The Bertz CT molecular complexity index is 609. The van der Waals surface area contributed by atoms with Crippen molar-refractivity contribution in [3.8, 4) is 0 Å². The van der Waals surface area contributed by atoms with Crippen molar-refractivity contribution in [2.75, 3.05) is 5.32 Å². The van der Waals surface area contributed by atoms with Gasteiger partial charge in [0.2, 0.25) is 11.8 Å². The lowest BCUT2D eigenvalue weighted by atomic mass is 10.1. The van der Waals surface area contributed by atoms with Crippen molar-refractivity contribution in [2.24, 2.45) is 11.5 Å². The van der Waals surface area contributed by atoms with Crippen LogP contribution in [0.15, 0.2) is 42.7 Å². The van der Waals surface area contributed by atoms with Crippen LogP contribution in [0.3, 0.4) is 0 Å². The van der Waals surface area contributed by atoms with Crippen LogP contribution in [0.5, 0.6) is 0 Å². The standard InChI is InChI=1S/C14H14N4O2/c15-13(19)10-5-11(14(16)20)7-12(6-10)18-8-9-1-3-17-4-2-9/h1-7,18H,8H2,(H2,15,19)(H2,16,20). The van der Waals surface area contributed by atoms with Crippen molar-refractivity contribution in [3.63, 3.8) is 0 Å². The SMILES string of the molecule is NC(=O)c1cc(NCc2ccncc2)cc(C(N)=O)c1. The minimum absolute atomic E-state index is 0.235. The lowest BCUT2D eigenvalue weighted by Gasteiger charge is -2.09. The molecule has 2 rings (SSSR count). The number of amides is 2. The smallest absolute Gasteiger partial charge is 0.248 e. The molecule has 0 aliphatic heterocycles. The van der Waals surface area contributed by atoms with E-state index in [1.165, 1.54) is 6.07 Å². The third-order valence-electron chi connectivity index (χ3n) is 2.75. The van der Waals surface area contributed by atoms with Gasteiger partial charge in [-0.1, -0.05) is 0 Å². The van der Waals surface area contributed by atoms with Crippen molar-refractivity contribution >= 4 is 17.5 Å². The summed E-state index contributed by atoms with van der Waals surface area (Å²) in [6, 6.07) is 8.26. The predicted molar refractivity (Wildman–Crippen MR) is 75.0 cm³/mol. The van der Waals surface area contributed by atoms with Gasteiger partial charge in [0.15, 0.2) is 0 Å². The molecule has 0 atom stereocenters. The molecule has 0 unspecified atom stereocenters. The topological polar surface area (TPSA) is 111 Å². The van der Waals surface area contributed by atoms with E-state index >= 15 is 0 Å². The zero-order valence-corrected chi connectivity index (χ0v) is 10.7. The van der Waals surface area contributed by atoms with Gasteiger partial charge in [0.25, 0.3) is 0 Å². The molecule has 0 saturated carbocycles. The molecule has 0 spiro atoms. The zero-order chi connectivity index (χ0) is 14.5. The van der Waals surface area contributed by atoms with Crippen molar-refractivity contribution < 1.29 is 9.59 Å². The molecule has 0 saturated heterocycles. The van der Waals surface area contributed by atoms with E-state index in [4.69, 9.17) is 11.5 Å². The van der Waals surface area contributed by atoms with Crippen LogP contribution in [0.1, 0.15) is 26.3 Å². The van der Waals surface area contributed by atoms with Crippen molar-refractivity contribution in [1.29, 1.82) is 0 Å². The zero-order valence-electron chi connectivity index (χ0n) is 10.7. The molecule has 0 radical (unpaired) electrons. The molecular formula is C14H14N4O2. The summed E-state index contributed by atoms with van der Waals surface area (Å²) in [7, 11) is 0. The number of benzene rings is 1. The Balaban J connectivity index is 2.22. The first-order chi connectivity index (χ1) is 9.56. The summed E-state index contributed by atoms with van der Waals surface area (Å²) in [5.41, 5.74) is 12.6. The van der Waals surface area contributed by atoms with Crippen LogP contribution >= 0.6 is 0 Å². The van der Waals surface area contributed by atoms with Crippen LogP contribution in [0.2, 0.25) is 0 Å². The first-order valence-corrected chi connectivity index (χ1v) is 5.94. The molecule has 0 aliphatic carbocycles. The number of hydrogen-bond donors (Lipinski definition) is 3. The number of nitrogens with zero attached hydrogens (tertiary/aromatic N) is 1. The van der Waals surface area contributed by atoms with Crippen LogP contribution in [-0.2, 0) is 6.54 Å². The molecule has 102 valence electrons. The van der Waals surface area contributed by atoms with Gasteiger partial charge >= 0.3 is 0 Å². The number of rotatable bonds is 5. The maximum atomic E-state index is 11.2. The summed E-state index contributed by atoms with van der Waals surface area (Å²) >= 11 is 0. The maximum absolute atomic E-state index is 11.2. The molecule has 1 aromatic carbocycles. The van der Waals surface area contributed by atoms with E-state index in [0.717, 1.165) is 5.56 Å². The average Bonchev–Trinajstić information content (AvgIpc) is 2.45. The molecule has 1 aromatic heterocycles. The van der Waals surface area contributed by atoms with E-state index < -0.39 is 11.8 Å². The fourth-order valence-corrected chi connectivity index (χ4v) is 1.72. The highest BCUT2D eigenvalue weighted by atomic mass is 16.1. The summed E-state index contributed by atoms with van der Waals surface area (Å²) in [5.74, 6) is -1.22. The fourth-order valence-electron chi connectivity index (χ4n) is 1.72. The maximum Gasteiger partial charge on any atom is 0.248 e. The molecule has 2 aromatic rings. The summed E-state index contributed by atoms with van der Waals surface area (Å²) in [5, 5.41) is 3.11. The number of nitrogens with one attached hydrogen (secondary N) is 1. The number of carbonyl (C=O) groups is 2. The summed E-state index contributed by atoms with van der Waals surface area (Å²) in [6.07, 6.45) is 3.37. The predicted octanol–water partition coefficient (Wildman–Crippen LogP) is 0.891. The van der Waals surface area contributed by atoms with Crippen LogP contribution in [0.4, 0.5) is 5.69 Å². The molecule has 0 bridgehead atoms. The number of hydrogen-bond acceptors (Lipinski definition) is 4. The minimum atomic E-state index is -0.611. The molecular weight excluding hydrogens is 256 g/mol. The normalized spacial score (nSPS) is 10.0. The van der Waals surface area contributed by atoms with E-state index in [-0.39, 0.29) is 11.1 Å². The van der Waals surface area contributed by atoms with Gasteiger partial charge in [-0.15, -0.1) is 0 Å². The third kappa shape index (κ3) is 3.32. The van der Waals surface area contributed by atoms with E-state index in [1.54, 1.807) is 24.5 Å². The van der Waals surface area contributed by atoms with Crippen LogP contribution in [0, 0.1) is 0 Å². The number of aromatic nitrogens is 1. The van der Waals surface area contributed by atoms with E-state index in [0.29, 0.717) is 12.2 Å². The van der Waals surface area contributed by atoms with Crippen molar-refractivity contribution in [1.82, 2.24) is 4.98 Å². The van der Waals surface area contributed by atoms with Crippen molar-refractivity contribution in [3.05, 3.63) is 59.4 Å².